The largest absolute Gasteiger partial charge is 0.695 e. The van der Waals surface area contributed by atoms with Crippen molar-refractivity contribution in [3.05, 3.63) is 0 Å². The Morgan fingerprint density at radius 1 is 1.56 bits per heavy atom. The van der Waals surface area contributed by atoms with Crippen LogP contribution in [0.25, 0.3) is 0 Å². The van der Waals surface area contributed by atoms with Crippen LogP contribution in [-0.4, -0.2) is 23.2 Å². The van der Waals surface area contributed by atoms with Crippen molar-refractivity contribution in [1.82, 2.24) is 0 Å². The first-order chi connectivity index (χ1) is 4.27. The molecule has 5 heteroatoms. The summed E-state index contributed by atoms with van der Waals surface area (Å²) < 4.78 is 13.9. The monoisotopic (exact) mass is 149 g/mol. The standard InChI is InChI=1S/C4H5O4P/c5-3-1-2-4-8-9(6)7/h5H,3-4H2/p+1. The van der Waals surface area contributed by atoms with Crippen LogP contribution in [0.15, 0.2) is 0 Å². The van der Waals surface area contributed by atoms with Crippen LogP contribution in [-0.2, 0) is 9.09 Å². The topological polar surface area (TPSA) is 66.8 Å². The molecule has 0 aliphatic carbocycles. The van der Waals surface area contributed by atoms with E-state index >= 15 is 0 Å². The normalized spacial score (nSPS) is 9.78. The highest BCUT2D eigenvalue weighted by Gasteiger charge is 2.08. The molecule has 0 radical (unpaired) electrons. The van der Waals surface area contributed by atoms with Crippen LogP contribution in [0, 0.1) is 11.8 Å². The fraction of sp³-hybridized carbons (Fsp3) is 0.500. The van der Waals surface area contributed by atoms with Crippen LogP contribution >= 0.6 is 8.25 Å². The molecular formula is C4H6O4P+. The zero-order chi connectivity index (χ0) is 7.11. The minimum absolute atomic E-state index is 0.119. The number of aliphatic hydroxyl groups excluding tert-OH is 1. The maximum atomic E-state index is 9.76. The average Bonchev–Trinajstić information content (AvgIpc) is 1.80. The smallest absolute Gasteiger partial charge is 0.384 e. The number of hydrogen-bond acceptors (Lipinski definition) is 3. The highest BCUT2D eigenvalue weighted by atomic mass is 31.1. The van der Waals surface area contributed by atoms with Gasteiger partial charge in [0.2, 0.25) is 0 Å². The molecule has 0 heterocycles. The molecule has 0 saturated heterocycles. The van der Waals surface area contributed by atoms with E-state index in [1.807, 2.05) is 0 Å². The summed E-state index contributed by atoms with van der Waals surface area (Å²) in [5.41, 5.74) is 0. The van der Waals surface area contributed by atoms with Crippen LogP contribution in [0.2, 0.25) is 0 Å². The molecule has 0 saturated carbocycles. The molecular weight excluding hydrogens is 143 g/mol. The fourth-order valence-electron chi connectivity index (χ4n) is 0.194. The zero-order valence-electron chi connectivity index (χ0n) is 4.57. The lowest BCUT2D eigenvalue weighted by Gasteiger charge is -1.72. The molecule has 0 rings (SSSR count). The number of rotatable bonds is 2. The molecule has 0 aromatic rings. The first-order valence-corrected chi connectivity index (χ1v) is 3.26. The summed E-state index contributed by atoms with van der Waals surface area (Å²) >= 11 is 0. The van der Waals surface area contributed by atoms with Gasteiger partial charge in [-0.2, -0.15) is 0 Å². The third kappa shape index (κ3) is 7.54. The van der Waals surface area contributed by atoms with Crippen molar-refractivity contribution in [2.45, 2.75) is 0 Å². The molecule has 0 aliphatic rings. The Hall–Kier alpha value is -0.460. The highest BCUT2D eigenvalue weighted by molar-refractivity contribution is 7.32. The first kappa shape index (κ1) is 8.54. The van der Waals surface area contributed by atoms with Crippen LogP contribution in [0.1, 0.15) is 0 Å². The van der Waals surface area contributed by atoms with Crippen molar-refractivity contribution in [3.8, 4) is 11.8 Å². The summed E-state index contributed by atoms with van der Waals surface area (Å²) in [6.45, 7) is -0.377. The van der Waals surface area contributed by atoms with E-state index < -0.39 is 8.25 Å². The minimum Gasteiger partial charge on any atom is -0.384 e. The Labute approximate surface area is 53.4 Å². The van der Waals surface area contributed by atoms with E-state index in [2.05, 4.69) is 16.4 Å². The van der Waals surface area contributed by atoms with E-state index in [4.69, 9.17) is 10.00 Å². The molecule has 0 aromatic heterocycles. The lowest BCUT2D eigenvalue weighted by Crippen LogP contribution is -1.80. The fourth-order valence-corrected chi connectivity index (χ4v) is 0.369. The van der Waals surface area contributed by atoms with Gasteiger partial charge in [0.05, 0.1) is 0 Å². The molecule has 0 aliphatic heterocycles. The summed E-state index contributed by atoms with van der Waals surface area (Å²) in [6, 6.07) is 0. The summed E-state index contributed by atoms with van der Waals surface area (Å²) in [6.07, 6.45) is 0. The van der Waals surface area contributed by atoms with Crippen LogP contribution in [0.4, 0.5) is 0 Å². The Bertz CT molecular complexity index is 144. The molecule has 0 fully saturated rings. The molecule has 0 amide bonds. The van der Waals surface area contributed by atoms with Gasteiger partial charge in [-0.15, -0.1) is 9.42 Å². The van der Waals surface area contributed by atoms with Gasteiger partial charge in [-0.1, -0.05) is 11.8 Å². The molecule has 50 valence electrons. The SMILES string of the molecule is O=[P+](O)OCC#CCO. The van der Waals surface area contributed by atoms with E-state index in [1.165, 1.54) is 0 Å². The summed E-state index contributed by atoms with van der Waals surface area (Å²) in [4.78, 5) is 8.01. The third-order valence-corrected chi connectivity index (χ3v) is 0.801. The van der Waals surface area contributed by atoms with Gasteiger partial charge in [0.1, 0.15) is 6.61 Å². The quantitative estimate of drug-likeness (QED) is 0.416. The zero-order valence-corrected chi connectivity index (χ0v) is 5.47. The van der Waals surface area contributed by atoms with Gasteiger partial charge in [-0.3, -0.25) is 0 Å². The minimum atomic E-state index is -2.55. The second-order valence-electron chi connectivity index (χ2n) is 1.02. The number of aliphatic hydroxyl groups is 1. The summed E-state index contributed by atoms with van der Waals surface area (Å²) in [5, 5.41) is 8.07. The van der Waals surface area contributed by atoms with Crippen LogP contribution in [0.5, 0.6) is 0 Å². The lowest BCUT2D eigenvalue weighted by atomic mass is 10.6. The van der Waals surface area contributed by atoms with Crippen molar-refractivity contribution in [2.24, 2.45) is 0 Å². The Kier molecular flexibility index (Phi) is 5.38. The van der Waals surface area contributed by atoms with Gasteiger partial charge >= 0.3 is 8.25 Å². The number of hydrogen-bond donors (Lipinski definition) is 2. The van der Waals surface area contributed by atoms with E-state index in [0.717, 1.165) is 0 Å². The molecule has 1 unspecified atom stereocenters. The molecule has 1 atom stereocenters. The van der Waals surface area contributed by atoms with Crippen molar-refractivity contribution in [1.29, 1.82) is 0 Å². The van der Waals surface area contributed by atoms with E-state index in [1.54, 1.807) is 0 Å². The van der Waals surface area contributed by atoms with Gasteiger partial charge in [0, 0.05) is 4.57 Å². The molecule has 2 N–H and O–H groups in total. The van der Waals surface area contributed by atoms with E-state index in [-0.39, 0.29) is 13.2 Å². The van der Waals surface area contributed by atoms with Crippen molar-refractivity contribution < 1.29 is 19.1 Å². The predicted molar refractivity (Wildman–Crippen MR) is 30.6 cm³/mol. The Morgan fingerprint density at radius 2 is 2.22 bits per heavy atom. The second kappa shape index (κ2) is 5.67. The molecule has 9 heavy (non-hydrogen) atoms. The Morgan fingerprint density at radius 3 is 2.67 bits per heavy atom. The van der Waals surface area contributed by atoms with Gasteiger partial charge < -0.3 is 5.11 Å². The average molecular weight is 149 g/mol. The van der Waals surface area contributed by atoms with Gasteiger partial charge in [-0.25, -0.2) is 0 Å². The van der Waals surface area contributed by atoms with Crippen LogP contribution < -0.4 is 0 Å². The summed E-state index contributed by atoms with van der Waals surface area (Å²) in [5.74, 6) is 4.54. The van der Waals surface area contributed by atoms with Crippen LogP contribution in [0.3, 0.4) is 0 Å². The third-order valence-electron chi connectivity index (χ3n) is 0.451. The summed E-state index contributed by atoms with van der Waals surface area (Å²) in [7, 11) is -2.55. The van der Waals surface area contributed by atoms with Gasteiger partial charge in [0.15, 0.2) is 6.61 Å². The molecule has 0 bridgehead atoms. The maximum Gasteiger partial charge on any atom is 0.695 e. The lowest BCUT2D eigenvalue weighted by molar-refractivity contribution is 0.316. The van der Waals surface area contributed by atoms with Crippen molar-refractivity contribution in [3.63, 3.8) is 0 Å². The maximum absolute atomic E-state index is 9.76. The second-order valence-corrected chi connectivity index (χ2v) is 1.76. The van der Waals surface area contributed by atoms with Crippen molar-refractivity contribution in [2.75, 3.05) is 13.2 Å². The molecule has 0 spiro atoms. The van der Waals surface area contributed by atoms with E-state index in [0.29, 0.717) is 0 Å². The predicted octanol–water partition coefficient (Wildman–Crippen LogP) is -0.352. The molecule has 4 nitrogen and oxygen atoms in total. The molecule has 0 aromatic carbocycles. The van der Waals surface area contributed by atoms with Gasteiger partial charge in [-0.05, 0) is 0 Å². The van der Waals surface area contributed by atoms with E-state index in [9.17, 15) is 4.57 Å². The van der Waals surface area contributed by atoms with Crippen molar-refractivity contribution >= 4 is 8.25 Å². The van der Waals surface area contributed by atoms with Gasteiger partial charge in [0.25, 0.3) is 0 Å². The Balaban J connectivity index is 3.19. The first-order valence-electron chi connectivity index (χ1n) is 2.13. The highest BCUT2D eigenvalue weighted by Crippen LogP contribution is 2.12.